The van der Waals surface area contributed by atoms with Gasteiger partial charge in [-0.15, -0.1) is 24.0 Å². The lowest BCUT2D eigenvalue weighted by Gasteiger charge is -2.13. The molecule has 0 aromatic heterocycles. The van der Waals surface area contributed by atoms with Crippen LogP contribution in [0.1, 0.15) is 18.4 Å². The van der Waals surface area contributed by atoms with Gasteiger partial charge in [-0.25, -0.2) is 9.38 Å². The molecule has 1 aliphatic carbocycles. The fraction of sp³-hybridized carbons (Fsp3) is 0.462. The highest BCUT2D eigenvalue weighted by Gasteiger charge is 2.21. The lowest BCUT2D eigenvalue weighted by atomic mass is 10.2. The van der Waals surface area contributed by atoms with Crippen molar-refractivity contribution >= 4 is 35.6 Å². The molecule has 1 saturated carbocycles. The lowest BCUT2D eigenvalue weighted by Crippen LogP contribution is -2.33. The van der Waals surface area contributed by atoms with E-state index in [2.05, 4.69) is 10.3 Å². The zero-order valence-electron chi connectivity index (χ0n) is 11.2. The Morgan fingerprint density at radius 1 is 1.47 bits per heavy atom. The maximum absolute atomic E-state index is 13.7. The van der Waals surface area contributed by atoms with Crippen molar-refractivity contribution in [3.63, 3.8) is 0 Å². The van der Waals surface area contributed by atoms with Gasteiger partial charge in [0.05, 0.1) is 12.2 Å². The fourth-order valence-electron chi connectivity index (χ4n) is 1.67. The predicted molar refractivity (Wildman–Crippen MR) is 87.6 cm³/mol. The summed E-state index contributed by atoms with van der Waals surface area (Å²) in [4.78, 5) is 5.93. The number of anilines is 1. The standard InChI is InChI=1S/C13H19FN4.HI/c1-18(2)12-6-3-9(7-11(12)14)8-16-13(15)17-10-4-5-10;/h3,6-7,10H,4-5,8H2,1-2H3,(H3,15,16,17);1H. The minimum atomic E-state index is -0.235. The van der Waals surface area contributed by atoms with Gasteiger partial charge in [0.25, 0.3) is 0 Å². The van der Waals surface area contributed by atoms with Gasteiger partial charge in [-0.3, -0.25) is 0 Å². The highest BCUT2D eigenvalue weighted by atomic mass is 127. The summed E-state index contributed by atoms with van der Waals surface area (Å²) >= 11 is 0. The second-order valence-corrected chi connectivity index (χ2v) is 4.80. The number of halogens is 2. The summed E-state index contributed by atoms with van der Waals surface area (Å²) in [6.45, 7) is 0.399. The van der Waals surface area contributed by atoms with Crippen LogP contribution in [0.2, 0.25) is 0 Å². The van der Waals surface area contributed by atoms with Crippen LogP contribution in [0.4, 0.5) is 10.1 Å². The summed E-state index contributed by atoms with van der Waals surface area (Å²) < 4.78 is 13.7. The minimum absolute atomic E-state index is 0. The lowest BCUT2D eigenvalue weighted by molar-refractivity contribution is 0.624. The molecule has 6 heteroatoms. The first kappa shape index (κ1) is 16.0. The van der Waals surface area contributed by atoms with E-state index in [-0.39, 0.29) is 29.8 Å². The highest BCUT2D eigenvalue weighted by molar-refractivity contribution is 14.0. The molecule has 1 aromatic rings. The third-order valence-corrected chi connectivity index (χ3v) is 2.86. The molecule has 0 radical (unpaired) electrons. The molecule has 2 rings (SSSR count). The van der Waals surface area contributed by atoms with E-state index in [0.717, 1.165) is 18.4 Å². The first-order valence-corrected chi connectivity index (χ1v) is 6.08. The summed E-state index contributed by atoms with van der Waals surface area (Å²) in [5.74, 6) is 0.205. The Morgan fingerprint density at radius 2 is 2.16 bits per heavy atom. The quantitative estimate of drug-likeness (QED) is 0.479. The normalized spacial score (nSPS) is 14.8. The van der Waals surface area contributed by atoms with Crippen molar-refractivity contribution in [3.8, 4) is 0 Å². The van der Waals surface area contributed by atoms with Crippen molar-refractivity contribution in [3.05, 3.63) is 29.6 Å². The molecule has 0 aliphatic heterocycles. The Balaban J connectivity index is 0.00000180. The van der Waals surface area contributed by atoms with Gasteiger partial charge in [0.1, 0.15) is 5.82 Å². The summed E-state index contributed by atoms with van der Waals surface area (Å²) in [6, 6.07) is 5.61. The number of guanidine groups is 1. The monoisotopic (exact) mass is 378 g/mol. The van der Waals surface area contributed by atoms with Crippen LogP contribution in [0.3, 0.4) is 0 Å². The smallest absolute Gasteiger partial charge is 0.189 e. The van der Waals surface area contributed by atoms with Gasteiger partial charge in [0.15, 0.2) is 5.96 Å². The summed E-state index contributed by atoms with van der Waals surface area (Å²) in [5, 5.41) is 3.09. The Kier molecular flexibility index (Phi) is 5.84. The van der Waals surface area contributed by atoms with Gasteiger partial charge in [-0.05, 0) is 30.5 Å². The Morgan fingerprint density at radius 3 is 2.68 bits per heavy atom. The third kappa shape index (κ3) is 4.85. The molecule has 1 fully saturated rings. The number of hydrogen-bond donors (Lipinski definition) is 2. The minimum Gasteiger partial charge on any atom is -0.375 e. The number of hydrogen-bond acceptors (Lipinski definition) is 2. The van der Waals surface area contributed by atoms with Crippen LogP contribution in [0, 0.1) is 5.82 Å². The summed E-state index contributed by atoms with van der Waals surface area (Å²) in [6.07, 6.45) is 2.31. The molecule has 0 amide bonds. The van der Waals surface area contributed by atoms with E-state index in [1.54, 1.807) is 11.0 Å². The van der Waals surface area contributed by atoms with E-state index in [1.165, 1.54) is 6.07 Å². The van der Waals surface area contributed by atoms with Crippen molar-refractivity contribution < 1.29 is 4.39 Å². The average molecular weight is 378 g/mol. The number of nitrogens with one attached hydrogen (secondary N) is 1. The number of rotatable bonds is 4. The number of aliphatic imine (C=N–C) groups is 1. The molecule has 106 valence electrons. The van der Waals surface area contributed by atoms with E-state index in [9.17, 15) is 4.39 Å². The van der Waals surface area contributed by atoms with Crippen LogP contribution in [-0.4, -0.2) is 26.1 Å². The Bertz CT molecular complexity index is 458. The SMILES string of the molecule is CN(C)c1ccc(CN=C(N)NC2CC2)cc1F.I. The highest BCUT2D eigenvalue weighted by Crippen LogP contribution is 2.19. The Hall–Kier alpha value is -1.05. The molecule has 3 N–H and O–H groups in total. The van der Waals surface area contributed by atoms with Crippen LogP contribution in [0.15, 0.2) is 23.2 Å². The topological polar surface area (TPSA) is 53.6 Å². The van der Waals surface area contributed by atoms with Gasteiger partial charge in [0.2, 0.25) is 0 Å². The molecule has 0 unspecified atom stereocenters. The molecular formula is C13H20FIN4. The predicted octanol–water partition coefficient (Wildman–Crippen LogP) is 2.08. The van der Waals surface area contributed by atoms with Crippen molar-refractivity contribution in [2.24, 2.45) is 10.7 Å². The average Bonchev–Trinajstić information content (AvgIpc) is 3.10. The van der Waals surface area contributed by atoms with Gasteiger partial charge in [-0.1, -0.05) is 6.07 Å². The van der Waals surface area contributed by atoms with Crippen LogP contribution >= 0.6 is 24.0 Å². The van der Waals surface area contributed by atoms with Gasteiger partial charge < -0.3 is 16.0 Å². The Labute approximate surface area is 130 Å². The largest absolute Gasteiger partial charge is 0.375 e. The van der Waals surface area contributed by atoms with Gasteiger partial charge >= 0.3 is 0 Å². The molecule has 19 heavy (non-hydrogen) atoms. The first-order valence-electron chi connectivity index (χ1n) is 6.08. The van der Waals surface area contributed by atoms with Crippen molar-refractivity contribution in [1.29, 1.82) is 0 Å². The first-order chi connectivity index (χ1) is 8.56. The zero-order chi connectivity index (χ0) is 13.1. The van der Waals surface area contributed by atoms with Crippen molar-refractivity contribution in [1.82, 2.24) is 5.32 Å². The molecular weight excluding hydrogens is 358 g/mol. The molecule has 0 saturated heterocycles. The van der Waals surface area contributed by atoms with Crippen molar-refractivity contribution in [2.75, 3.05) is 19.0 Å². The molecule has 0 atom stereocenters. The van der Waals surface area contributed by atoms with Gasteiger partial charge in [0, 0.05) is 20.1 Å². The van der Waals surface area contributed by atoms with Crippen LogP contribution in [0.25, 0.3) is 0 Å². The zero-order valence-corrected chi connectivity index (χ0v) is 13.5. The second-order valence-electron chi connectivity index (χ2n) is 4.80. The maximum atomic E-state index is 13.7. The van der Waals surface area contributed by atoms with Crippen LogP contribution in [-0.2, 0) is 6.54 Å². The second kappa shape index (κ2) is 6.93. The molecule has 0 bridgehead atoms. The van der Waals surface area contributed by atoms with E-state index in [0.29, 0.717) is 24.2 Å². The molecule has 0 spiro atoms. The maximum Gasteiger partial charge on any atom is 0.189 e. The third-order valence-electron chi connectivity index (χ3n) is 2.86. The number of benzene rings is 1. The van der Waals surface area contributed by atoms with E-state index in [1.807, 2.05) is 20.2 Å². The van der Waals surface area contributed by atoms with Crippen LogP contribution < -0.4 is 16.0 Å². The molecule has 1 aliphatic rings. The summed E-state index contributed by atoms with van der Waals surface area (Å²) in [5.41, 5.74) is 7.11. The molecule has 1 aromatic carbocycles. The van der Waals surface area contributed by atoms with Gasteiger partial charge in [-0.2, -0.15) is 0 Å². The van der Waals surface area contributed by atoms with E-state index in [4.69, 9.17) is 5.73 Å². The van der Waals surface area contributed by atoms with E-state index < -0.39 is 0 Å². The number of nitrogens with two attached hydrogens (primary N) is 1. The summed E-state index contributed by atoms with van der Waals surface area (Å²) in [7, 11) is 3.63. The molecule has 4 nitrogen and oxygen atoms in total. The fourth-order valence-corrected chi connectivity index (χ4v) is 1.67. The van der Waals surface area contributed by atoms with E-state index >= 15 is 0 Å². The van der Waals surface area contributed by atoms with Crippen molar-refractivity contribution in [2.45, 2.75) is 25.4 Å². The number of nitrogens with zero attached hydrogens (tertiary/aromatic N) is 2. The van der Waals surface area contributed by atoms with Crippen LogP contribution in [0.5, 0.6) is 0 Å². The molecule has 0 heterocycles.